The zero-order valence-electron chi connectivity index (χ0n) is 10.5. The molecule has 1 aromatic carbocycles. The summed E-state index contributed by atoms with van der Waals surface area (Å²) in [6, 6.07) is 8.56. The van der Waals surface area contributed by atoms with E-state index >= 15 is 0 Å². The van der Waals surface area contributed by atoms with E-state index in [-0.39, 0.29) is 5.92 Å². The Morgan fingerprint density at radius 2 is 2.00 bits per heavy atom. The summed E-state index contributed by atoms with van der Waals surface area (Å²) in [5.74, 6) is -0.809. The Morgan fingerprint density at radius 3 is 2.56 bits per heavy atom. The smallest absolute Gasteiger partial charge is 0.306 e. The number of halogens is 1. The van der Waals surface area contributed by atoms with E-state index in [9.17, 15) is 4.79 Å². The van der Waals surface area contributed by atoms with Crippen molar-refractivity contribution in [2.75, 3.05) is 13.1 Å². The number of benzene rings is 1. The van der Waals surface area contributed by atoms with Gasteiger partial charge in [0.25, 0.3) is 0 Å². The lowest BCUT2D eigenvalue weighted by Gasteiger charge is -2.35. The van der Waals surface area contributed by atoms with Crippen LogP contribution in [-0.2, 0) is 4.79 Å². The summed E-state index contributed by atoms with van der Waals surface area (Å²) in [5.41, 5.74) is 1.27. The van der Waals surface area contributed by atoms with Gasteiger partial charge < -0.3 is 5.11 Å². The van der Waals surface area contributed by atoms with Gasteiger partial charge >= 0.3 is 5.97 Å². The highest BCUT2D eigenvalue weighted by atomic mass is 79.9. The number of piperidine rings is 1. The van der Waals surface area contributed by atoms with Crippen LogP contribution in [0.2, 0.25) is 0 Å². The Bertz CT molecular complexity index is 428. The van der Waals surface area contributed by atoms with E-state index in [4.69, 9.17) is 5.11 Å². The second-order valence-corrected chi connectivity index (χ2v) is 5.70. The lowest BCUT2D eigenvalue weighted by Crippen LogP contribution is -2.37. The highest BCUT2D eigenvalue weighted by Gasteiger charge is 2.27. The molecule has 1 heterocycles. The van der Waals surface area contributed by atoms with Crippen molar-refractivity contribution in [2.45, 2.75) is 25.8 Å². The lowest BCUT2D eigenvalue weighted by molar-refractivity contribution is -0.143. The van der Waals surface area contributed by atoms with E-state index in [1.807, 2.05) is 12.1 Å². The number of rotatable bonds is 3. The third-order valence-electron chi connectivity index (χ3n) is 3.78. The number of hydrogen-bond acceptors (Lipinski definition) is 2. The van der Waals surface area contributed by atoms with Crippen LogP contribution in [0, 0.1) is 5.92 Å². The molecule has 98 valence electrons. The van der Waals surface area contributed by atoms with Gasteiger partial charge in [-0.15, -0.1) is 0 Å². The average Bonchev–Trinajstić information content (AvgIpc) is 2.38. The van der Waals surface area contributed by atoms with Gasteiger partial charge in [-0.05, 0) is 44.5 Å². The van der Waals surface area contributed by atoms with Crippen LogP contribution in [-0.4, -0.2) is 29.1 Å². The molecule has 4 heteroatoms. The fraction of sp³-hybridized carbons (Fsp3) is 0.500. The molecule has 0 aromatic heterocycles. The Balaban J connectivity index is 2.02. The van der Waals surface area contributed by atoms with Crippen molar-refractivity contribution in [1.82, 2.24) is 4.90 Å². The van der Waals surface area contributed by atoms with E-state index in [1.54, 1.807) is 0 Å². The summed E-state index contributed by atoms with van der Waals surface area (Å²) in [7, 11) is 0. The molecule has 0 bridgehead atoms. The minimum absolute atomic E-state index is 0.160. The second kappa shape index (κ2) is 5.85. The molecule has 1 N–H and O–H groups in total. The Kier molecular flexibility index (Phi) is 4.40. The van der Waals surface area contributed by atoms with Gasteiger partial charge in [0.2, 0.25) is 0 Å². The number of aliphatic carboxylic acids is 1. The van der Waals surface area contributed by atoms with Crippen molar-refractivity contribution in [1.29, 1.82) is 0 Å². The van der Waals surface area contributed by atoms with Gasteiger partial charge in [0, 0.05) is 10.5 Å². The number of carboxylic acids is 1. The van der Waals surface area contributed by atoms with Crippen LogP contribution in [0.25, 0.3) is 0 Å². The highest BCUT2D eigenvalue weighted by molar-refractivity contribution is 9.10. The van der Waals surface area contributed by atoms with Gasteiger partial charge in [-0.1, -0.05) is 34.1 Å². The van der Waals surface area contributed by atoms with Gasteiger partial charge in [0.15, 0.2) is 0 Å². The van der Waals surface area contributed by atoms with Gasteiger partial charge in [-0.3, -0.25) is 9.69 Å². The lowest BCUT2D eigenvalue weighted by atomic mass is 9.95. The molecule has 0 saturated carbocycles. The monoisotopic (exact) mass is 311 g/mol. The molecule has 3 nitrogen and oxygen atoms in total. The number of likely N-dealkylation sites (tertiary alicyclic amines) is 1. The van der Waals surface area contributed by atoms with E-state index in [0.29, 0.717) is 6.04 Å². The summed E-state index contributed by atoms with van der Waals surface area (Å²) in [4.78, 5) is 13.3. The van der Waals surface area contributed by atoms with Crippen molar-refractivity contribution >= 4 is 21.9 Å². The number of hydrogen-bond donors (Lipinski definition) is 1. The molecule has 1 aliphatic heterocycles. The number of carboxylic acid groups (broad SMARTS) is 1. The topological polar surface area (TPSA) is 40.5 Å². The summed E-state index contributed by atoms with van der Waals surface area (Å²) in [5, 5.41) is 9.00. The zero-order valence-corrected chi connectivity index (χ0v) is 12.1. The molecule has 0 aliphatic carbocycles. The van der Waals surface area contributed by atoms with E-state index in [1.165, 1.54) is 5.56 Å². The molecular weight excluding hydrogens is 294 g/mol. The first-order chi connectivity index (χ1) is 8.59. The number of nitrogens with zero attached hydrogens (tertiary/aromatic N) is 1. The molecule has 0 spiro atoms. The predicted octanol–water partition coefficient (Wildman–Crippen LogP) is 3.31. The van der Waals surface area contributed by atoms with Crippen LogP contribution in [0.5, 0.6) is 0 Å². The molecule has 1 fully saturated rings. The van der Waals surface area contributed by atoms with Crippen molar-refractivity contribution in [3.8, 4) is 0 Å². The van der Waals surface area contributed by atoms with Gasteiger partial charge in [-0.25, -0.2) is 0 Å². The van der Waals surface area contributed by atoms with Crippen molar-refractivity contribution in [3.05, 3.63) is 34.3 Å². The number of carbonyl (C=O) groups is 1. The zero-order chi connectivity index (χ0) is 13.1. The summed E-state index contributed by atoms with van der Waals surface area (Å²) in [6.07, 6.45) is 1.51. The highest BCUT2D eigenvalue weighted by Crippen LogP contribution is 2.30. The average molecular weight is 312 g/mol. The molecule has 1 atom stereocenters. The Labute approximate surface area is 116 Å². The third kappa shape index (κ3) is 2.93. The third-order valence-corrected chi connectivity index (χ3v) is 4.50. The van der Waals surface area contributed by atoms with Crippen LogP contribution >= 0.6 is 15.9 Å². The van der Waals surface area contributed by atoms with Gasteiger partial charge in [0.05, 0.1) is 5.92 Å². The Hall–Kier alpha value is -0.870. The quantitative estimate of drug-likeness (QED) is 0.931. The maximum Gasteiger partial charge on any atom is 0.306 e. The summed E-state index contributed by atoms with van der Waals surface area (Å²) in [6.45, 7) is 3.90. The minimum atomic E-state index is -0.650. The fourth-order valence-corrected chi connectivity index (χ4v) is 3.16. The Morgan fingerprint density at radius 1 is 1.39 bits per heavy atom. The van der Waals surface area contributed by atoms with Crippen LogP contribution in [0.15, 0.2) is 28.7 Å². The largest absolute Gasteiger partial charge is 0.481 e. The maximum absolute atomic E-state index is 10.9. The molecule has 0 amide bonds. The molecule has 2 rings (SSSR count). The first-order valence-corrected chi connectivity index (χ1v) is 7.10. The van der Waals surface area contributed by atoms with E-state index in [2.05, 4.69) is 39.9 Å². The van der Waals surface area contributed by atoms with E-state index in [0.717, 1.165) is 30.4 Å². The first kappa shape index (κ1) is 13.6. The van der Waals surface area contributed by atoms with Crippen LogP contribution in [0.1, 0.15) is 31.4 Å². The SMILES string of the molecule is CC(c1ccccc1Br)N1CCC(C(=O)O)CC1. The first-order valence-electron chi connectivity index (χ1n) is 6.31. The summed E-state index contributed by atoms with van der Waals surface area (Å²) < 4.78 is 1.12. The normalized spacial score (nSPS) is 19.7. The van der Waals surface area contributed by atoms with Crippen molar-refractivity contribution in [3.63, 3.8) is 0 Å². The van der Waals surface area contributed by atoms with Crippen LogP contribution < -0.4 is 0 Å². The standard InChI is InChI=1S/C14H18BrNO2/c1-10(12-4-2-3-5-13(12)15)16-8-6-11(7-9-16)14(17)18/h2-5,10-11H,6-9H2,1H3,(H,17,18). The van der Waals surface area contributed by atoms with Gasteiger partial charge in [-0.2, -0.15) is 0 Å². The van der Waals surface area contributed by atoms with Crippen LogP contribution in [0.3, 0.4) is 0 Å². The molecule has 18 heavy (non-hydrogen) atoms. The van der Waals surface area contributed by atoms with Crippen molar-refractivity contribution < 1.29 is 9.90 Å². The molecule has 1 unspecified atom stereocenters. The van der Waals surface area contributed by atoms with Crippen molar-refractivity contribution in [2.24, 2.45) is 5.92 Å². The molecule has 1 aromatic rings. The van der Waals surface area contributed by atoms with Gasteiger partial charge in [0.1, 0.15) is 0 Å². The fourth-order valence-electron chi connectivity index (χ4n) is 2.54. The van der Waals surface area contributed by atoms with E-state index < -0.39 is 5.97 Å². The maximum atomic E-state index is 10.9. The minimum Gasteiger partial charge on any atom is -0.481 e. The van der Waals surface area contributed by atoms with Crippen LogP contribution in [0.4, 0.5) is 0 Å². The molecule has 1 aliphatic rings. The molecule has 0 radical (unpaired) electrons. The second-order valence-electron chi connectivity index (χ2n) is 4.85. The predicted molar refractivity (Wildman–Crippen MR) is 74.5 cm³/mol. The molecular formula is C14H18BrNO2. The summed E-state index contributed by atoms with van der Waals surface area (Å²) >= 11 is 3.58. The molecule has 1 saturated heterocycles.